The number of nitrogens with one attached hydrogen (secondary N) is 2. The fourth-order valence-electron chi connectivity index (χ4n) is 9.53. The number of sulfonamides is 1. The van der Waals surface area contributed by atoms with Crippen molar-refractivity contribution in [1.82, 2.24) is 19.6 Å². The van der Waals surface area contributed by atoms with Crippen molar-refractivity contribution >= 4 is 66.9 Å². The summed E-state index contributed by atoms with van der Waals surface area (Å²) in [5.41, 5.74) is 6.21. The van der Waals surface area contributed by atoms with Crippen molar-refractivity contribution in [2.75, 3.05) is 62.3 Å². The number of piperazine rings is 1. The maximum Gasteiger partial charge on any atom is 0.312 e. The fourth-order valence-corrected chi connectivity index (χ4v) is 10.6. The standard InChI is InChI=1S/C48H52ClF2N7O7S/c1-47(2)15-13-34(39(28-47)32-3-5-35(49)6-4-32)29-55-19-21-56(22-20-55)36-7-9-38(40(26-36)57-23-24-64-46-42(57)25-33-14-18-52-44(33)53-46)45(59)54-66(62,63)37-8-10-43(41(27-37)58(60)61)65-30-31-11-16-48(50,51)17-12-31/h3-10,14,18,25-27,31H,11-13,15-17,19-24,28-30H2,1-2H3,(H,52,53)(H,54,59). The lowest BCUT2D eigenvalue weighted by Gasteiger charge is -2.39. The van der Waals surface area contributed by atoms with E-state index in [2.05, 4.69) is 50.5 Å². The minimum Gasteiger partial charge on any atom is -0.487 e. The highest BCUT2D eigenvalue weighted by Gasteiger charge is 2.36. The number of anilines is 3. The Bertz CT molecular complexity index is 2800. The summed E-state index contributed by atoms with van der Waals surface area (Å²) in [6.07, 6.45) is 4.74. The molecule has 2 aliphatic heterocycles. The van der Waals surface area contributed by atoms with Gasteiger partial charge in [0.15, 0.2) is 5.75 Å². The molecule has 1 saturated heterocycles. The lowest BCUT2D eigenvalue weighted by molar-refractivity contribution is -0.386. The molecule has 0 radical (unpaired) electrons. The summed E-state index contributed by atoms with van der Waals surface area (Å²) < 4.78 is 68.9. The van der Waals surface area contributed by atoms with Gasteiger partial charge in [-0.2, -0.15) is 4.98 Å². The van der Waals surface area contributed by atoms with Crippen molar-refractivity contribution in [2.24, 2.45) is 11.3 Å². The molecule has 5 aromatic rings. The van der Waals surface area contributed by atoms with Crippen LogP contribution in [0.15, 0.2) is 89.5 Å². The number of H-pyrrole nitrogens is 1. The molecule has 4 aliphatic rings. The number of benzene rings is 3. The minimum absolute atomic E-state index is 0.0349. The Morgan fingerprint density at radius 1 is 0.985 bits per heavy atom. The van der Waals surface area contributed by atoms with E-state index in [4.69, 9.17) is 21.1 Å². The van der Waals surface area contributed by atoms with Crippen LogP contribution in [0.3, 0.4) is 0 Å². The quantitative estimate of drug-likeness (QED) is 0.0904. The van der Waals surface area contributed by atoms with E-state index in [1.54, 1.807) is 12.3 Å². The van der Waals surface area contributed by atoms with Crippen LogP contribution in [0.1, 0.15) is 74.7 Å². The highest BCUT2D eigenvalue weighted by Crippen LogP contribution is 2.44. The molecular weight excluding hydrogens is 892 g/mol. The van der Waals surface area contributed by atoms with Crippen molar-refractivity contribution in [1.29, 1.82) is 0 Å². The van der Waals surface area contributed by atoms with Gasteiger partial charge >= 0.3 is 5.69 Å². The maximum absolute atomic E-state index is 14.3. The predicted octanol–water partition coefficient (Wildman–Crippen LogP) is 9.76. The Labute approximate surface area is 387 Å². The number of allylic oxidation sites excluding steroid dienone is 1. The summed E-state index contributed by atoms with van der Waals surface area (Å²) >= 11 is 6.26. The molecule has 2 fully saturated rings. The predicted molar refractivity (Wildman–Crippen MR) is 250 cm³/mol. The normalized spacial score (nSPS) is 19.0. The van der Waals surface area contributed by atoms with E-state index in [-0.39, 0.29) is 61.5 Å². The first-order valence-electron chi connectivity index (χ1n) is 22.3. The van der Waals surface area contributed by atoms with Gasteiger partial charge in [0.25, 0.3) is 15.9 Å². The number of amides is 1. The zero-order valence-electron chi connectivity index (χ0n) is 36.8. The third-order valence-corrected chi connectivity index (χ3v) is 14.9. The molecule has 348 valence electrons. The highest BCUT2D eigenvalue weighted by molar-refractivity contribution is 7.90. The van der Waals surface area contributed by atoms with Crippen LogP contribution in [0.4, 0.5) is 31.5 Å². The van der Waals surface area contributed by atoms with Gasteiger partial charge in [-0.1, -0.05) is 43.2 Å². The third kappa shape index (κ3) is 9.83. The van der Waals surface area contributed by atoms with Crippen LogP contribution < -0.4 is 24.0 Å². The van der Waals surface area contributed by atoms with Crippen LogP contribution >= 0.6 is 11.6 Å². The molecule has 2 N–H and O–H groups in total. The number of halogens is 3. The highest BCUT2D eigenvalue weighted by atomic mass is 35.5. The van der Waals surface area contributed by atoms with E-state index in [0.717, 1.165) is 73.2 Å². The van der Waals surface area contributed by atoms with Gasteiger partial charge in [-0.3, -0.25) is 19.8 Å². The molecule has 9 rings (SSSR count). The molecule has 14 nitrogen and oxygen atoms in total. The van der Waals surface area contributed by atoms with Crippen LogP contribution in [-0.4, -0.2) is 92.5 Å². The second kappa shape index (κ2) is 18.1. The van der Waals surface area contributed by atoms with E-state index < -0.39 is 37.4 Å². The summed E-state index contributed by atoms with van der Waals surface area (Å²) in [6.45, 7) is 9.11. The van der Waals surface area contributed by atoms with E-state index >= 15 is 0 Å². The number of carbonyl (C=O) groups is 1. The Morgan fingerprint density at radius 3 is 2.48 bits per heavy atom. The molecule has 18 heteroatoms. The second-order valence-electron chi connectivity index (χ2n) is 18.6. The number of rotatable bonds is 12. The molecule has 2 aliphatic carbocycles. The molecule has 0 unspecified atom stereocenters. The molecule has 66 heavy (non-hydrogen) atoms. The molecule has 0 spiro atoms. The van der Waals surface area contributed by atoms with Gasteiger partial charge < -0.3 is 24.3 Å². The molecule has 3 aromatic carbocycles. The smallest absolute Gasteiger partial charge is 0.312 e. The van der Waals surface area contributed by atoms with Gasteiger partial charge in [-0.15, -0.1) is 0 Å². The number of hydrogen-bond donors (Lipinski definition) is 2. The topological polar surface area (TPSA) is 163 Å². The Kier molecular flexibility index (Phi) is 12.5. The average molecular weight is 945 g/mol. The minimum atomic E-state index is -4.67. The van der Waals surface area contributed by atoms with Crippen molar-refractivity contribution in [3.05, 3.63) is 111 Å². The molecule has 1 saturated carbocycles. The summed E-state index contributed by atoms with van der Waals surface area (Å²) in [7, 11) is -4.67. The first kappa shape index (κ1) is 45.4. The summed E-state index contributed by atoms with van der Waals surface area (Å²) in [6, 6.07) is 20.3. The molecule has 0 bridgehead atoms. The van der Waals surface area contributed by atoms with Crippen molar-refractivity contribution < 1.29 is 36.4 Å². The number of aromatic amines is 1. The molecule has 2 aromatic heterocycles. The number of alkyl halides is 2. The van der Waals surface area contributed by atoms with Crippen molar-refractivity contribution in [3.8, 4) is 11.6 Å². The SMILES string of the molecule is CC1(C)CCC(CN2CCN(c3ccc(C(=O)NS(=O)(=O)c4ccc(OCC5CCC(F)(F)CC5)c([N+](=O)[O-])c4)c(N4CCOc5nc6[nH]ccc6cc54)c3)CC2)=C(c2ccc(Cl)cc2)C1. The van der Waals surface area contributed by atoms with E-state index in [9.17, 15) is 32.1 Å². The first-order valence-corrected chi connectivity index (χ1v) is 24.2. The zero-order chi connectivity index (χ0) is 46.4. The number of nitro groups is 1. The van der Waals surface area contributed by atoms with Crippen molar-refractivity contribution in [2.45, 2.75) is 69.6 Å². The summed E-state index contributed by atoms with van der Waals surface area (Å²) in [4.78, 5) is 39.5. The van der Waals surface area contributed by atoms with Gasteiger partial charge in [0.2, 0.25) is 11.8 Å². The maximum atomic E-state index is 14.3. The second-order valence-corrected chi connectivity index (χ2v) is 20.7. The van der Waals surface area contributed by atoms with Crippen LogP contribution in [0.25, 0.3) is 16.6 Å². The van der Waals surface area contributed by atoms with Gasteiger partial charge in [0.05, 0.1) is 34.2 Å². The van der Waals surface area contributed by atoms with Gasteiger partial charge in [-0.05, 0) is 109 Å². The Balaban J connectivity index is 0.964. The molecule has 1 amide bonds. The van der Waals surface area contributed by atoms with Crippen LogP contribution in [0.5, 0.6) is 11.6 Å². The summed E-state index contributed by atoms with van der Waals surface area (Å²) in [5, 5.41) is 13.7. The molecular formula is C48H52ClF2N7O7S. The Hall–Kier alpha value is -5.78. The number of hydrogen-bond acceptors (Lipinski definition) is 11. The Morgan fingerprint density at radius 2 is 1.74 bits per heavy atom. The lowest BCUT2D eigenvalue weighted by atomic mass is 9.72. The first-order chi connectivity index (χ1) is 31.5. The van der Waals surface area contributed by atoms with Crippen molar-refractivity contribution in [3.63, 3.8) is 0 Å². The monoisotopic (exact) mass is 943 g/mol. The average Bonchev–Trinajstić information content (AvgIpc) is 3.76. The largest absolute Gasteiger partial charge is 0.487 e. The van der Waals surface area contributed by atoms with Crippen LogP contribution in [-0.2, 0) is 10.0 Å². The number of pyridine rings is 1. The number of carbonyl (C=O) groups excluding carboxylic acids is 1. The number of fused-ring (bicyclic) bond motifs is 2. The van der Waals surface area contributed by atoms with Gasteiger partial charge in [-0.25, -0.2) is 21.9 Å². The van der Waals surface area contributed by atoms with E-state index in [1.165, 1.54) is 16.7 Å². The zero-order valence-corrected chi connectivity index (χ0v) is 38.4. The number of aromatic nitrogens is 2. The molecule has 0 atom stereocenters. The number of nitro benzene ring substituents is 1. The van der Waals surface area contributed by atoms with Crippen LogP contribution in [0.2, 0.25) is 5.02 Å². The van der Waals surface area contributed by atoms with E-state index in [1.807, 2.05) is 41.3 Å². The number of nitrogens with zero attached hydrogens (tertiary/aromatic N) is 5. The molecule has 4 heterocycles. The number of ether oxygens (including phenoxy) is 2. The van der Waals surface area contributed by atoms with Crippen LogP contribution in [0, 0.1) is 21.4 Å². The summed E-state index contributed by atoms with van der Waals surface area (Å²) in [5.74, 6) is -3.76. The fraction of sp³-hybridized carbons (Fsp3) is 0.417. The van der Waals surface area contributed by atoms with E-state index in [0.29, 0.717) is 42.5 Å². The lowest BCUT2D eigenvalue weighted by Crippen LogP contribution is -2.47. The van der Waals surface area contributed by atoms with Gasteiger partial charge in [0, 0.05) is 73.9 Å². The third-order valence-electron chi connectivity index (χ3n) is 13.3. The van der Waals surface area contributed by atoms with Gasteiger partial charge in [0.1, 0.15) is 17.9 Å².